The van der Waals surface area contributed by atoms with Crippen molar-refractivity contribution in [3.05, 3.63) is 11.0 Å². The van der Waals surface area contributed by atoms with Gasteiger partial charge < -0.3 is 15.0 Å². The Labute approximate surface area is 149 Å². The minimum absolute atomic E-state index is 0.146. The van der Waals surface area contributed by atoms with Crippen molar-refractivity contribution in [2.75, 3.05) is 37.9 Å². The summed E-state index contributed by atoms with van der Waals surface area (Å²) in [6, 6.07) is 0.359. The van der Waals surface area contributed by atoms with Crippen LogP contribution in [-0.2, 0) is 0 Å². The SMILES string of the molecule is CCC1CN(c2nc(SC)nc3c(F)c(Cl)nc(OC)c23)CCN1. The lowest BCUT2D eigenvalue weighted by atomic mass is 10.1. The molecule has 1 unspecified atom stereocenters. The van der Waals surface area contributed by atoms with E-state index >= 15 is 0 Å². The molecule has 130 valence electrons. The highest BCUT2D eigenvalue weighted by Gasteiger charge is 2.26. The number of piperazine rings is 1. The summed E-state index contributed by atoms with van der Waals surface area (Å²) >= 11 is 7.25. The number of hydrogen-bond donors (Lipinski definition) is 1. The Hall–Kier alpha value is -1.38. The Morgan fingerprint density at radius 2 is 2.21 bits per heavy atom. The number of rotatable bonds is 4. The van der Waals surface area contributed by atoms with E-state index in [1.807, 2.05) is 6.26 Å². The maximum atomic E-state index is 14.5. The van der Waals surface area contributed by atoms with E-state index in [4.69, 9.17) is 16.3 Å². The van der Waals surface area contributed by atoms with Crippen molar-refractivity contribution >= 4 is 40.1 Å². The first kappa shape index (κ1) is 17.4. The highest BCUT2D eigenvalue weighted by molar-refractivity contribution is 7.98. The van der Waals surface area contributed by atoms with Crippen LogP contribution in [0.3, 0.4) is 0 Å². The Morgan fingerprint density at radius 1 is 1.42 bits per heavy atom. The number of pyridine rings is 1. The fourth-order valence-electron chi connectivity index (χ4n) is 2.84. The third kappa shape index (κ3) is 3.10. The number of fused-ring (bicyclic) bond motifs is 1. The molecule has 0 aliphatic carbocycles. The van der Waals surface area contributed by atoms with Crippen LogP contribution in [0.25, 0.3) is 10.9 Å². The summed E-state index contributed by atoms with van der Waals surface area (Å²) < 4.78 is 19.9. The van der Waals surface area contributed by atoms with Crippen LogP contribution < -0.4 is 15.0 Å². The molecule has 6 nitrogen and oxygen atoms in total. The lowest BCUT2D eigenvalue weighted by Gasteiger charge is -2.34. The van der Waals surface area contributed by atoms with Crippen molar-refractivity contribution in [2.24, 2.45) is 0 Å². The zero-order valence-corrected chi connectivity index (χ0v) is 15.3. The van der Waals surface area contributed by atoms with Crippen LogP contribution in [0.4, 0.5) is 10.2 Å². The van der Waals surface area contributed by atoms with E-state index in [1.54, 1.807) is 0 Å². The molecule has 0 amide bonds. The van der Waals surface area contributed by atoms with Gasteiger partial charge in [-0.2, -0.15) is 4.98 Å². The van der Waals surface area contributed by atoms with Crippen LogP contribution in [0, 0.1) is 5.82 Å². The molecule has 0 radical (unpaired) electrons. The van der Waals surface area contributed by atoms with E-state index < -0.39 is 5.82 Å². The second-order valence-electron chi connectivity index (χ2n) is 5.49. The van der Waals surface area contributed by atoms with Gasteiger partial charge in [0.15, 0.2) is 16.1 Å². The molecule has 24 heavy (non-hydrogen) atoms. The standard InChI is InChI=1S/C15H19ClFN5OS/c1-4-8-7-22(6-5-18-8)13-9-11(19-15(21-13)24-3)10(17)12(16)20-14(9)23-2/h8,18H,4-7H2,1-3H3. The molecule has 1 N–H and O–H groups in total. The largest absolute Gasteiger partial charge is 0.480 e. The predicted octanol–water partition coefficient (Wildman–Crippen LogP) is 2.74. The number of methoxy groups -OCH3 is 1. The zero-order chi connectivity index (χ0) is 17.3. The maximum absolute atomic E-state index is 14.5. The fourth-order valence-corrected chi connectivity index (χ4v) is 3.36. The number of ether oxygens (including phenoxy) is 1. The first-order valence-electron chi connectivity index (χ1n) is 7.72. The van der Waals surface area contributed by atoms with Gasteiger partial charge in [-0.05, 0) is 12.7 Å². The summed E-state index contributed by atoms with van der Waals surface area (Å²) in [6.45, 7) is 4.52. The molecular weight excluding hydrogens is 353 g/mol. The Balaban J connectivity index is 2.23. The molecule has 1 fully saturated rings. The normalized spacial score (nSPS) is 18.2. The van der Waals surface area contributed by atoms with Gasteiger partial charge in [0.1, 0.15) is 16.7 Å². The number of thioether (sulfide) groups is 1. The summed E-state index contributed by atoms with van der Waals surface area (Å²) in [5, 5.41) is 4.17. The number of halogens is 2. The summed E-state index contributed by atoms with van der Waals surface area (Å²) in [4.78, 5) is 15.0. The van der Waals surface area contributed by atoms with Crippen LogP contribution in [0.5, 0.6) is 5.88 Å². The minimum atomic E-state index is -0.645. The number of nitrogens with zero attached hydrogens (tertiary/aromatic N) is 4. The number of nitrogens with one attached hydrogen (secondary N) is 1. The van der Waals surface area contributed by atoms with Gasteiger partial charge in [-0.1, -0.05) is 30.3 Å². The van der Waals surface area contributed by atoms with Gasteiger partial charge in [0.25, 0.3) is 0 Å². The van der Waals surface area contributed by atoms with E-state index in [2.05, 4.69) is 32.1 Å². The van der Waals surface area contributed by atoms with Crippen LogP contribution in [0.15, 0.2) is 5.16 Å². The molecule has 3 heterocycles. The van der Waals surface area contributed by atoms with Crippen LogP contribution in [-0.4, -0.2) is 54.0 Å². The molecule has 0 saturated carbocycles. The highest BCUT2D eigenvalue weighted by Crippen LogP contribution is 2.36. The van der Waals surface area contributed by atoms with Gasteiger partial charge in [-0.25, -0.2) is 14.4 Å². The lowest BCUT2D eigenvalue weighted by Crippen LogP contribution is -2.50. The van der Waals surface area contributed by atoms with Gasteiger partial charge in [-0.15, -0.1) is 0 Å². The van der Waals surface area contributed by atoms with Gasteiger partial charge in [0.05, 0.1) is 7.11 Å². The van der Waals surface area contributed by atoms with Gasteiger partial charge in [0, 0.05) is 25.7 Å². The molecule has 0 spiro atoms. The predicted molar refractivity (Wildman–Crippen MR) is 94.9 cm³/mol. The average Bonchev–Trinajstić information content (AvgIpc) is 2.63. The smallest absolute Gasteiger partial charge is 0.228 e. The molecule has 0 aromatic carbocycles. The summed E-state index contributed by atoms with van der Waals surface area (Å²) in [7, 11) is 1.48. The monoisotopic (exact) mass is 371 g/mol. The summed E-state index contributed by atoms with van der Waals surface area (Å²) in [5.41, 5.74) is 0.146. The van der Waals surface area contributed by atoms with E-state index in [9.17, 15) is 4.39 Å². The van der Waals surface area contributed by atoms with E-state index in [0.717, 1.165) is 26.1 Å². The van der Waals surface area contributed by atoms with Crippen molar-refractivity contribution < 1.29 is 9.13 Å². The summed E-state index contributed by atoms with van der Waals surface area (Å²) in [6.07, 6.45) is 2.86. The quantitative estimate of drug-likeness (QED) is 0.503. The van der Waals surface area contributed by atoms with E-state index in [1.165, 1.54) is 18.9 Å². The molecule has 1 saturated heterocycles. The maximum Gasteiger partial charge on any atom is 0.228 e. The minimum Gasteiger partial charge on any atom is -0.480 e. The number of aromatic nitrogens is 3. The third-order valence-corrected chi connectivity index (χ3v) is 4.89. The van der Waals surface area contributed by atoms with Crippen LogP contribution >= 0.6 is 23.4 Å². The molecule has 9 heteroatoms. The van der Waals surface area contributed by atoms with Crippen molar-refractivity contribution in [1.82, 2.24) is 20.3 Å². The molecule has 2 aromatic heterocycles. The van der Waals surface area contributed by atoms with Gasteiger partial charge in [-0.3, -0.25) is 0 Å². The molecule has 3 rings (SSSR count). The topological polar surface area (TPSA) is 63.2 Å². The molecule has 1 aliphatic rings. The molecule has 0 bridgehead atoms. The lowest BCUT2D eigenvalue weighted by molar-refractivity contribution is 0.401. The van der Waals surface area contributed by atoms with Crippen LogP contribution in [0.1, 0.15) is 13.3 Å². The molecule has 2 aromatic rings. The summed E-state index contributed by atoms with van der Waals surface area (Å²) in [5.74, 6) is 0.239. The fraction of sp³-hybridized carbons (Fsp3) is 0.533. The van der Waals surface area contributed by atoms with Gasteiger partial charge in [0.2, 0.25) is 5.88 Å². The first-order chi connectivity index (χ1) is 11.6. The highest BCUT2D eigenvalue weighted by atomic mass is 35.5. The number of anilines is 1. The van der Waals surface area contributed by atoms with E-state index in [-0.39, 0.29) is 16.5 Å². The van der Waals surface area contributed by atoms with Crippen molar-refractivity contribution in [2.45, 2.75) is 24.5 Å². The second kappa shape index (κ2) is 7.25. The Morgan fingerprint density at radius 3 is 2.88 bits per heavy atom. The van der Waals surface area contributed by atoms with Crippen molar-refractivity contribution in [3.8, 4) is 5.88 Å². The van der Waals surface area contributed by atoms with Crippen molar-refractivity contribution in [1.29, 1.82) is 0 Å². The zero-order valence-electron chi connectivity index (χ0n) is 13.8. The third-order valence-electron chi connectivity index (χ3n) is 4.10. The second-order valence-corrected chi connectivity index (χ2v) is 6.62. The molecule has 1 aliphatic heterocycles. The Kier molecular flexibility index (Phi) is 5.27. The van der Waals surface area contributed by atoms with Gasteiger partial charge >= 0.3 is 0 Å². The average molecular weight is 372 g/mol. The Bertz CT molecular complexity index is 762. The van der Waals surface area contributed by atoms with Crippen molar-refractivity contribution in [3.63, 3.8) is 0 Å². The number of hydrogen-bond acceptors (Lipinski definition) is 7. The van der Waals surface area contributed by atoms with Crippen LogP contribution in [0.2, 0.25) is 5.15 Å². The molecule has 1 atom stereocenters. The molecular formula is C15H19ClFN5OS. The van der Waals surface area contributed by atoms with E-state index in [0.29, 0.717) is 22.4 Å². The first-order valence-corrected chi connectivity index (χ1v) is 9.32.